The van der Waals surface area contributed by atoms with Crippen LogP contribution < -0.4 is 10.6 Å². The Labute approximate surface area is 151 Å². The van der Waals surface area contributed by atoms with Crippen LogP contribution in [0.25, 0.3) is 10.9 Å². The van der Waals surface area contributed by atoms with Crippen LogP contribution in [0.5, 0.6) is 0 Å². The van der Waals surface area contributed by atoms with Crippen molar-refractivity contribution in [3.63, 3.8) is 0 Å². The van der Waals surface area contributed by atoms with Gasteiger partial charge in [-0.05, 0) is 39.7 Å². The maximum absolute atomic E-state index is 12.3. The number of fused-ring (bicyclic) bond motifs is 1. The fraction of sp³-hybridized carbons (Fsp3) is 0.444. The number of para-hydroxylation sites is 1. The van der Waals surface area contributed by atoms with Gasteiger partial charge in [-0.2, -0.15) is 0 Å². The number of urea groups is 1. The van der Waals surface area contributed by atoms with Crippen LogP contribution in [-0.4, -0.2) is 33.2 Å². The summed E-state index contributed by atoms with van der Waals surface area (Å²) >= 11 is 1.36. The van der Waals surface area contributed by atoms with Crippen LogP contribution in [0.2, 0.25) is 0 Å². The fourth-order valence-electron chi connectivity index (χ4n) is 2.41. The molecule has 25 heavy (non-hydrogen) atoms. The molecule has 1 aliphatic rings. The predicted molar refractivity (Wildman–Crippen MR) is 98.6 cm³/mol. The van der Waals surface area contributed by atoms with Gasteiger partial charge in [-0.3, -0.25) is 10.1 Å². The number of carbonyl (C=O) groups is 2. The molecule has 2 aromatic rings. The van der Waals surface area contributed by atoms with Gasteiger partial charge in [0.1, 0.15) is 10.9 Å². The molecule has 0 radical (unpaired) electrons. The first kappa shape index (κ1) is 17.7. The van der Waals surface area contributed by atoms with E-state index in [-0.39, 0.29) is 11.9 Å². The largest absolute Gasteiger partial charge is 0.336 e. The second-order valence-corrected chi connectivity index (χ2v) is 7.89. The molecule has 3 rings (SSSR count). The lowest BCUT2D eigenvalue weighted by molar-refractivity contribution is -0.119. The monoisotopic (exact) mass is 358 g/mol. The molecule has 1 aromatic carbocycles. The minimum atomic E-state index is -0.473. The van der Waals surface area contributed by atoms with E-state index < -0.39 is 11.3 Å². The summed E-state index contributed by atoms with van der Waals surface area (Å²) in [5.74, 6) is 0.954. The first-order chi connectivity index (χ1) is 11.9. The second kappa shape index (κ2) is 7.39. The van der Waals surface area contributed by atoms with Gasteiger partial charge in [0.2, 0.25) is 5.91 Å². The summed E-state index contributed by atoms with van der Waals surface area (Å²) in [6.07, 6.45) is 2.24. The van der Waals surface area contributed by atoms with E-state index in [0.717, 1.165) is 34.6 Å². The molecule has 1 heterocycles. The molecule has 1 saturated carbocycles. The number of hydrogen-bond acceptors (Lipinski definition) is 5. The summed E-state index contributed by atoms with van der Waals surface area (Å²) in [7, 11) is 0. The van der Waals surface area contributed by atoms with Crippen molar-refractivity contribution in [3.8, 4) is 0 Å². The van der Waals surface area contributed by atoms with Crippen molar-refractivity contribution in [1.82, 2.24) is 20.6 Å². The highest BCUT2D eigenvalue weighted by molar-refractivity contribution is 8.00. The van der Waals surface area contributed by atoms with E-state index in [1.165, 1.54) is 11.8 Å². The van der Waals surface area contributed by atoms with E-state index in [4.69, 9.17) is 0 Å². The third kappa shape index (κ3) is 4.48. The van der Waals surface area contributed by atoms with Crippen LogP contribution in [0, 0.1) is 0 Å². The number of hydrogen-bond donors (Lipinski definition) is 2. The summed E-state index contributed by atoms with van der Waals surface area (Å²) in [6, 6.07) is 7.32. The number of nitrogens with one attached hydrogen (secondary N) is 2. The van der Waals surface area contributed by atoms with Crippen LogP contribution in [0.4, 0.5) is 4.79 Å². The Morgan fingerprint density at radius 3 is 2.56 bits per heavy atom. The van der Waals surface area contributed by atoms with Crippen molar-refractivity contribution in [2.75, 3.05) is 0 Å². The molecule has 0 saturated heterocycles. The first-order valence-electron chi connectivity index (χ1n) is 8.48. The topological polar surface area (TPSA) is 84.0 Å². The Morgan fingerprint density at radius 1 is 1.16 bits per heavy atom. The zero-order valence-corrected chi connectivity index (χ0v) is 15.4. The number of rotatable bonds is 5. The maximum atomic E-state index is 12.3. The Balaban J connectivity index is 1.77. The van der Waals surface area contributed by atoms with Crippen LogP contribution in [-0.2, 0) is 4.79 Å². The Bertz CT molecular complexity index is 805. The van der Waals surface area contributed by atoms with E-state index in [9.17, 15) is 9.59 Å². The van der Waals surface area contributed by atoms with Gasteiger partial charge in [0, 0.05) is 17.3 Å². The fourth-order valence-corrected chi connectivity index (χ4v) is 3.36. The SMILES string of the molecule is CC(C)NC(=O)NC(=O)[C@@H](C)Sc1nc(C2CC2)nc2ccccc12. The Kier molecular flexibility index (Phi) is 5.22. The highest BCUT2D eigenvalue weighted by Gasteiger charge is 2.28. The highest BCUT2D eigenvalue weighted by atomic mass is 32.2. The van der Waals surface area contributed by atoms with Crippen LogP contribution in [0.15, 0.2) is 29.3 Å². The Morgan fingerprint density at radius 2 is 1.88 bits per heavy atom. The molecule has 2 N–H and O–H groups in total. The van der Waals surface area contributed by atoms with Gasteiger partial charge in [-0.25, -0.2) is 14.8 Å². The van der Waals surface area contributed by atoms with Crippen molar-refractivity contribution >= 4 is 34.6 Å². The zero-order valence-electron chi connectivity index (χ0n) is 14.6. The van der Waals surface area contributed by atoms with Gasteiger partial charge in [-0.1, -0.05) is 30.0 Å². The number of aromatic nitrogens is 2. The molecule has 3 amide bonds. The summed E-state index contributed by atoms with van der Waals surface area (Å²) in [4.78, 5) is 33.3. The number of amides is 3. The van der Waals surface area contributed by atoms with E-state index in [2.05, 4.69) is 20.6 Å². The smallest absolute Gasteiger partial charge is 0.321 e. The summed E-state index contributed by atoms with van der Waals surface area (Å²) in [5.41, 5.74) is 0.895. The van der Waals surface area contributed by atoms with Crippen molar-refractivity contribution in [3.05, 3.63) is 30.1 Å². The zero-order chi connectivity index (χ0) is 18.0. The third-order valence-electron chi connectivity index (χ3n) is 3.84. The number of thioether (sulfide) groups is 1. The van der Waals surface area contributed by atoms with Crippen molar-refractivity contribution in [2.45, 2.75) is 55.8 Å². The number of carbonyl (C=O) groups excluding carboxylic acids is 2. The molecule has 1 atom stereocenters. The van der Waals surface area contributed by atoms with E-state index in [0.29, 0.717) is 5.92 Å². The lowest BCUT2D eigenvalue weighted by Gasteiger charge is -2.14. The van der Waals surface area contributed by atoms with Crippen LogP contribution in [0.1, 0.15) is 45.4 Å². The van der Waals surface area contributed by atoms with Crippen molar-refractivity contribution < 1.29 is 9.59 Å². The highest BCUT2D eigenvalue weighted by Crippen LogP contribution is 2.40. The van der Waals surface area contributed by atoms with Gasteiger partial charge >= 0.3 is 6.03 Å². The van der Waals surface area contributed by atoms with E-state index in [1.54, 1.807) is 6.92 Å². The molecule has 6 nitrogen and oxygen atoms in total. The predicted octanol–water partition coefficient (Wildman–Crippen LogP) is 3.22. The molecular weight excluding hydrogens is 336 g/mol. The number of benzene rings is 1. The van der Waals surface area contributed by atoms with E-state index >= 15 is 0 Å². The lowest BCUT2D eigenvalue weighted by Crippen LogP contribution is -2.45. The molecule has 0 aliphatic heterocycles. The quantitative estimate of drug-likeness (QED) is 0.633. The maximum Gasteiger partial charge on any atom is 0.321 e. The molecule has 0 bridgehead atoms. The van der Waals surface area contributed by atoms with Gasteiger partial charge in [-0.15, -0.1) is 0 Å². The van der Waals surface area contributed by atoms with Gasteiger partial charge < -0.3 is 5.32 Å². The Hall–Kier alpha value is -2.15. The molecule has 132 valence electrons. The second-order valence-electron chi connectivity index (χ2n) is 6.56. The van der Waals surface area contributed by atoms with Gasteiger partial charge in [0.05, 0.1) is 10.8 Å². The molecule has 7 heteroatoms. The van der Waals surface area contributed by atoms with Crippen LogP contribution in [0.3, 0.4) is 0 Å². The third-order valence-corrected chi connectivity index (χ3v) is 4.94. The average Bonchev–Trinajstić information content (AvgIpc) is 3.38. The van der Waals surface area contributed by atoms with Crippen molar-refractivity contribution in [1.29, 1.82) is 0 Å². The molecule has 0 unspecified atom stereocenters. The molecule has 1 aliphatic carbocycles. The lowest BCUT2D eigenvalue weighted by atomic mass is 10.2. The molecule has 1 fully saturated rings. The van der Waals surface area contributed by atoms with E-state index in [1.807, 2.05) is 38.1 Å². The number of nitrogens with zero attached hydrogens (tertiary/aromatic N) is 2. The van der Waals surface area contributed by atoms with Gasteiger partial charge in [0.15, 0.2) is 0 Å². The summed E-state index contributed by atoms with van der Waals surface area (Å²) < 4.78 is 0. The molecule has 1 aromatic heterocycles. The normalized spacial score (nSPS) is 15.2. The minimum absolute atomic E-state index is 0.0253. The van der Waals surface area contributed by atoms with Gasteiger partial charge in [0.25, 0.3) is 0 Å². The number of imide groups is 1. The molecule has 0 spiro atoms. The first-order valence-corrected chi connectivity index (χ1v) is 9.36. The standard InChI is InChI=1S/C18H22N4O2S/c1-10(2)19-18(24)22-16(23)11(3)25-17-13-6-4-5-7-14(13)20-15(21-17)12-8-9-12/h4-7,10-12H,8-9H2,1-3H3,(H2,19,22,23,24)/t11-/m1/s1. The average molecular weight is 358 g/mol. The summed E-state index contributed by atoms with van der Waals surface area (Å²) in [6.45, 7) is 5.46. The summed E-state index contributed by atoms with van der Waals surface area (Å²) in [5, 5.41) is 6.31. The molecular formula is C18H22N4O2S. The van der Waals surface area contributed by atoms with Crippen molar-refractivity contribution in [2.24, 2.45) is 0 Å². The minimum Gasteiger partial charge on any atom is -0.336 e. The van der Waals surface area contributed by atoms with Crippen LogP contribution >= 0.6 is 11.8 Å².